The van der Waals surface area contributed by atoms with Crippen molar-refractivity contribution in [2.24, 2.45) is 10.2 Å². The van der Waals surface area contributed by atoms with E-state index >= 15 is 0 Å². The van der Waals surface area contributed by atoms with Crippen molar-refractivity contribution in [1.29, 1.82) is 5.26 Å². The molecule has 0 bridgehead atoms. The van der Waals surface area contributed by atoms with Crippen molar-refractivity contribution in [3.05, 3.63) is 83.1 Å². The summed E-state index contributed by atoms with van der Waals surface area (Å²) < 4.78 is 0. The number of hydrogen-bond donors (Lipinski definition) is 0. The Morgan fingerprint density at radius 2 is 1.85 bits per heavy atom. The molecule has 2 heterocycles. The summed E-state index contributed by atoms with van der Waals surface area (Å²) in [7, 11) is 0. The molecule has 0 spiro atoms. The van der Waals surface area contributed by atoms with Crippen molar-refractivity contribution in [1.82, 2.24) is 10.0 Å². The van der Waals surface area contributed by atoms with Crippen molar-refractivity contribution in [2.45, 2.75) is 13.1 Å². The Morgan fingerprint density at radius 1 is 1.12 bits per heavy atom. The second-order valence-corrected chi connectivity index (χ2v) is 5.95. The number of fused-ring (bicyclic) bond motifs is 3. The predicted octanol–water partition coefficient (Wildman–Crippen LogP) is 3.01. The highest BCUT2D eigenvalue weighted by Crippen LogP contribution is 2.35. The molecule has 0 N–H and O–H groups in total. The molecule has 126 valence electrons. The number of rotatable bonds is 1. The van der Waals surface area contributed by atoms with E-state index in [1.54, 1.807) is 17.3 Å². The zero-order chi connectivity index (χ0) is 18.1. The highest BCUT2D eigenvalue weighted by Gasteiger charge is 2.36. The molecule has 2 aromatic carbocycles. The second kappa shape index (κ2) is 6.30. The van der Waals surface area contributed by atoms with Gasteiger partial charge >= 0.3 is 0 Å². The first kappa shape index (κ1) is 15.8. The van der Waals surface area contributed by atoms with Gasteiger partial charge in [-0.2, -0.15) is 15.5 Å². The molecule has 0 fully saturated rings. The van der Waals surface area contributed by atoms with Crippen molar-refractivity contribution >= 4 is 17.8 Å². The fraction of sp³-hybridized carbons (Fsp3) is 0.100. The zero-order valence-electron chi connectivity index (χ0n) is 14.1. The van der Waals surface area contributed by atoms with Gasteiger partial charge in [-0.3, -0.25) is 4.79 Å². The number of hydrazone groups is 2. The Labute approximate surface area is 151 Å². The number of benzene rings is 2. The Balaban J connectivity index is 1.94. The van der Waals surface area contributed by atoms with Crippen molar-refractivity contribution < 1.29 is 4.79 Å². The standard InChI is InChI=1S/C20H15N5O/c1-14(26)24-20-18-10-6-5-9-16(18)13-22-25(20)17(12-21)11-19(23-24)15-7-3-2-4-8-15/h2-11,13,20H,1H3. The molecule has 0 aromatic heterocycles. The summed E-state index contributed by atoms with van der Waals surface area (Å²) in [5, 5.41) is 21.6. The normalized spacial score (nSPS) is 18.1. The first-order valence-electron chi connectivity index (χ1n) is 8.17. The Morgan fingerprint density at radius 3 is 2.58 bits per heavy atom. The Hall–Kier alpha value is -3.72. The van der Waals surface area contributed by atoms with Gasteiger partial charge < -0.3 is 0 Å². The van der Waals surface area contributed by atoms with Gasteiger partial charge in [0.2, 0.25) is 5.91 Å². The average Bonchev–Trinajstić information content (AvgIpc) is 2.86. The van der Waals surface area contributed by atoms with Gasteiger partial charge in [0, 0.05) is 29.7 Å². The maximum atomic E-state index is 12.4. The number of nitrogens with zero attached hydrogens (tertiary/aromatic N) is 5. The van der Waals surface area contributed by atoms with E-state index in [2.05, 4.69) is 16.3 Å². The van der Waals surface area contributed by atoms with E-state index < -0.39 is 6.17 Å². The number of amides is 1. The smallest absolute Gasteiger partial charge is 0.241 e. The first-order valence-corrected chi connectivity index (χ1v) is 8.17. The van der Waals surface area contributed by atoms with Crippen LogP contribution in [0.15, 0.2) is 76.6 Å². The highest BCUT2D eigenvalue weighted by molar-refractivity contribution is 6.09. The summed E-state index contributed by atoms with van der Waals surface area (Å²) in [6, 6.07) is 19.3. The predicted molar refractivity (Wildman–Crippen MR) is 97.8 cm³/mol. The molecule has 0 radical (unpaired) electrons. The lowest BCUT2D eigenvalue weighted by molar-refractivity contribution is -0.135. The van der Waals surface area contributed by atoms with Gasteiger partial charge in [0.25, 0.3) is 0 Å². The van der Waals surface area contributed by atoms with E-state index in [-0.39, 0.29) is 5.91 Å². The van der Waals surface area contributed by atoms with Crippen LogP contribution in [0.5, 0.6) is 0 Å². The van der Waals surface area contributed by atoms with Gasteiger partial charge in [-0.25, -0.2) is 10.0 Å². The maximum Gasteiger partial charge on any atom is 0.241 e. The van der Waals surface area contributed by atoms with E-state index in [0.717, 1.165) is 16.7 Å². The van der Waals surface area contributed by atoms with E-state index in [1.807, 2.05) is 54.6 Å². The highest BCUT2D eigenvalue weighted by atomic mass is 16.2. The monoisotopic (exact) mass is 341 g/mol. The molecule has 1 unspecified atom stereocenters. The van der Waals surface area contributed by atoms with Gasteiger partial charge in [0.1, 0.15) is 11.8 Å². The fourth-order valence-corrected chi connectivity index (χ4v) is 3.08. The topological polar surface area (TPSA) is 72.1 Å². The van der Waals surface area contributed by atoms with Crippen molar-refractivity contribution in [3.8, 4) is 6.07 Å². The third kappa shape index (κ3) is 2.56. The summed E-state index contributed by atoms with van der Waals surface area (Å²) in [6.07, 6.45) is 2.76. The Bertz CT molecular complexity index is 1000. The van der Waals surface area contributed by atoms with Crippen LogP contribution in [0.2, 0.25) is 0 Å². The van der Waals surface area contributed by atoms with Crippen LogP contribution in [0, 0.1) is 11.3 Å². The summed E-state index contributed by atoms with van der Waals surface area (Å²) in [6.45, 7) is 1.46. The summed E-state index contributed by atoms with van der Waals surface area (Å²) in [5.74, 6) is -0.229. The maximum absolute atomic E-state index is 12.4. The molecule has 0 aliphatic carbocycles. The summed E-state index contributed by atoms with van der Waals surface area (Å²) >= 11 is 0. The third-order valence-corrected chi connectivity index (χ3v) is 4.30. The zero-order valence-corrected chi connectivity index (χ0v) is 14.1. The minimum absolute atomic E-state index is 0.229. The summed E-state index contributed by atoms with van der Waals surface area (Å²) in [5.41, 5.74) is 3.46. The fourth-order valence-electron chi connectivity index (χ4n) is 3.08. The molecule has 0 saturated carbocycles. The Kier molecular flexibility index (Phi) is 3.82. The lowest BCUT2D eigenvalue weighted by atomic mass is 10.0. The van der Waals surface area contributed by atoms with Crippen LogP contribution in [0.25, 0.3) is 0 Å². The molecule has 2 aromatic rings. The van der Waals surface area contributed by atoms with Crippen molar-refractivity contribution in [2.75, 3.05) is 0 Å². The SMILES string of the molecule is CC(=O)N1N=C(c2ccccc2)C=C(C#N)N2N=Cc3ccccc3C12. The quantitative estimate of drug-likeness (QED) is 0.800. The van der Waals surface area contributed by atoms with E-state index in [0.29, 0.717) is 11.4 Å². The van der Waals surface area contributed by atoms with Gasteiger partial charge in [-0.05, 0) is 0 Å². The lowest BCUT2D eigenvalue weighted by Crippen LogP contribution is -2.39. The molecule has 26 heavy (non-hydrogen) atoms. The van der Waals surface area contributed by atoms with Crippen LogP contribution < -0.4 is 0 Å². The van der Waals surface area contributed by atoms with Crippen LogP contribution in [0.4, 0.5) is 0 Å². The minimum atomic E-state index is -0.596. The molecule has 1 atom stereocenters. The van der Waals surface area contributed by atoms with Crippen LogP contribution in [0.1, 0.15) is 29.8 Å². The van der Waals surface area contributed by atoms with Gasteiger partial charge in [0.05, 0.1) is 11.9 Å². The van der Waals surface area contributed by atoms with E-state index in [1.165, 1.54) is 11.9 Å². The molecule has 4 rings (SSSR count). The number of nitriles is 1. The number of allylic oxidation sites excluding steroid dienone is 2. The molecule has 6 nitrogen and oxygen atoms in total. The van der Waals surface area contributed by atoms with Gasteiger partial charge in [-0.15, -0.1) is 0 Å². The van der Waals surface area contributed by atoms with Crippen LogP contribution in [-0.2, 0) is 4.79 Å². The van der Waals surface area contributed by atoms with Crippen LogP contribution >= 0.6 is 0 Å². The molecule has 6 heteroatoms. The van der Waals surface area contributed by atoms with Crippen LogP contribution in [0.3, 0.4) is 0 Å². The molecular formula is C20H15N5O. The van der Waals surface area contributed by atoms with E-state index in [9.17, 15) is 10.1 Å². The van der Waals surface area contributed by atoms with E-state index in [4.69, 9.17) is 0 Å². The van der Waals surface area contributed by atoms with Crippen molar-refractivity contribution in [3.63, 3.8) is 0 Å². The third-order valence-electron chi connectivity index (χ3n) is 4.30. The molecular weight excluding hydrogens is 326 g/mol. The van der Waals surface area contributed by atoms with Gasteiger partial charge in [0.15, 0.2) is 6.17 Å². The lowest BCUT2D eigenvalue weighted by Gasteiger charge is -2.35. The largest absolute Gasteiger partial charge is 0.273 e. The molecule has 2 aliphatic heterocycles. The van der Waals surface area contributed by atoms with Gasteiger partial charge in [-0.1, -0.05) is 54.6 Å². The molecule has 0 saturated heterocycles. The van der Waals surface area contributed by atoms with Crippen LogP contribution in [-0.4, -0.2) is 27.9 Å². The first-order chi connectivity index (χ1) is 12.7. The minimum Gasteiger partial charge on any atom is -0.273 e. The number of hydrogen-bond acceptors (Lipinski definition) is 5. The number of carbonyl (C=O) groups excluding carboxylic acids is 1. The molecule has 1 amide bonds. The second-order valence-electron chi connectivity index (χ2n) is 5.95. The molecule has 2 aliphatic rings. The average molecular weight is 341 g/mol. The number of carbonyl (C=O) groups is 1. The summed E-state index contributed by atoms with van der Waals surface area (Å²) in [4.78, 5) is 12.4.